The van der Waals surface area contributed by atoms with Crippen molar-refractivity contribution in [3.05, 3.63) is 39.7 Å². The summed E-state index contributed by atoms with van der Waals surface area (Å²) >= 11 is 17.5. The molecule has 17 heavy (non-hydrogen) atoms. The third kappa shape index (κ3) is 2.72. The zero-order valence-electron chi connectivity index (χ0n) is 8.32. The average molecular weight is 291 g/mol. The second-order valence-corrected chi connectivity index (χ2v) is 4.30. The molecule has 0 fully saturated rings. The molecule has 0 unspecified atom stereocenters. The van der Waals surface area contributed by atoms with Crippen LogP contribution in [0.25, 0.3) is 0 Å². The number of nitrogens with two attached hydrogens (primary N) is 1. The highest BCUT2D eigenvalue weighted by atomic mass is 35.5. The summed E-state index contributed by atoms with van der Waals surface area (Å²) in [5.41, 5.74) is 6.08. The van der Waals surface area contributed by atoms with E-state index < -0.39 is 0 Å². The van der Waals surface area contributed by atoms with E-state index in [1.165, 1.54) is 24.7 Å². The molecule has 7 heteroatoms. The summed E-state index contributed by atoms with van der Waals surface area (Å²) < 4.78 is 5.42. The molecule has 0 aliphatic carbocycles. The van der Waals surface area contributed by atoms with Crippen LogP contribution >= 0.6 is 34.8 Å². The zero-order chi connectivity index (χ0) is 12.4. The lowest BCUT2D eigenvalue weighted by molar-refractivity contribution is 0.464. The van der Waals surface area contributed by atoms with Gasteiger partial charge in [-0.3, -0.25) is 0 Å². The lowest BCUT2D eigenvalue weighted by Crippen LogP contribution is -1.95. The van der Waals surface area contributed by atoms with E-state index in [1.807, 2.05) is 0 Å². The number of nitrogens with zero attached hydrogens (tertiary/aromatic N) is 2. The zero-order valence-corrected chi connectivity index (χ0v) is 10.6. The molecule has 0 aliphatic heterocycles. The molecule has 1 heterocycles. The Morgan fingerprint density at radius 2 is 1.76 bits per heavy atom. The fourth-order valence-corrected chi connectivity index (χ4v) is 1.58. The minimum Gasteiger partial charge on any atom is -0.435 e. The van der Waals surface area contributed by atoms with Crippen LogP contribution in [0.15, 0.2) is 24.7 Å². The van der Waals surface area contributed by atoms with E-state index in [4.69, 9.17) is 45.3 Å². The van der Waals surface area contributed by atoms with Gasteiger partial charge in [-0.25, -0.2) is 9.97 Å². The average Bonchev–Trinajstić information content (AvgIpc) is 2.29. The summed E-state index contributed by atoms with van der Waals surface area (Å²) in [6, 6.07) is 2.99. The minimum atomic E-state index is 0.201. The van der Waals surface area contributed by atoms with Crippen molar-refractivity contribution in [1.29, 1.82) is 0 Å². The number of ether oxygens (including phenoxy) is 1. The van der Waals surface area contributed by atoms with E-state index in [9.17, 15) is 0 Å². The van der Waals surface area contributed by atoms with Crippen LogP contribution in [-0.4, -0.2) is 9.97 Å². The number of benzene rings is 1. The van der Waals surface area contributed by atoms with Gasteiger partial charge in [0.2, 0.25) is 5.88 Å². The van der Waals surface area contributed by atoms with Crippen molar-refractivity contribution in [2.75, 3.05) is 5.73 Å². The van der Waals surface area contributed by atoms with Gasteiger partial charge in [0.25, 0.3) is 0 Å². The van der Waals surface area contributed by atoms with E-state index in [-0.39, 0.29) is 10.9 Å². The van der Waals surface area contributed by atoms with Crippen LogP contribution in [-0.2, 0) is 0 Å². The maximum atomic E-state index is 5.86. The van der Waals surface area contributed by atoms with Gasteiger partial charge in [0.1, 0.15) is 11.3 Å². The van der Waals surface area contributed by atoms with Crippen molar-refractivity contribution >= 4 is 40.5 Å². The van der Waals surface area contributed by atoms with Crippen LogP contribution in [0, 0.1) is 0 Å². The minimum absolute atomic E-state index is 0.201. The van der Waals surface area contributed by atoms with Gasteiger partial charge in [0.05, 0.1) is 21.9 Å². The Kier molecular flexibility index (Phi) is 3.57. The normalized spacial score (nSPS) is 10.3. The van der Waals surface area contributed by atoms with Gasteiger partial charge in [0.15, 0.2) is 5.75 Å². The van der Waals surface area contributed by atoms with Gasteiger partial charge < -0.3 is 10.5 Å². The van der Waals surface area contributed by atoms with Crippen LogP contribution in [0.3, 0.4) is 0 Å². The highest BCUT2D eigenvalue weighted by Crippen LogP contribution is 2.35. The lowest BCUT2D eigenvalue weighted by Gasteiger charge is -2.09. The highest BCUT2D eigenvalue weighted by molar-refractivity contribution is 6.42. The third-order valence-corrected chi connectivity index (χ3v) is 2.87. The van der Waals surface area contributed by atoms with Gasteiger partial charge in [-0.15, -0.1) is 0 Å². The number of hydrogen-bond donors (Lipinski definition) is 1. The summed E-state index contributed by atoms with van der Waals surface area (Å²) in [5.74, 6) is 0.534. The molecule has 0 saturated carbocycles. The van der Waals surface area contributed by atoms with Gasteiger partial charge in [-0.05, 0) is 6.07 Å². The van der Waals surface area contributed by atoms with Crippen LogP contribution in [0.5, 0.6) is 11.6 Å². The lowest BCUT2D eigenvalue weighted by atomic mass is 10.3. The summed E-state index contributed by atoms with van der Waals surface area (Å²) in [6.45, 7) is 0. The van der Waals surface area contributed by atoms with Crippen molar-refractivity contribution in [2.45, 2.75) is 0 Å². The van der Waals surface area contributed by atoms with E-state index >= 15 is 0 Å². The number of rotatable bonds is 2. The molecule has 0 spiro atoms. The first-order valence-corrected chi connectivity index (χ1v) is 5.59. The fourth-order valence-electron chi connectivity index (χ4n) is 1.11. The first-order chi connectivity index (χ1) is 8.08. The molecule has 0 saturated heterocycles. The molecule has 88 valence electrons. The molecule has 0 bridgehead atoms. The summed E-state index contributed by atoms with van der Waals surface area (Å²) in [4.78, 5) is 7.61. The van der Waals surface area contributed by atoms with Crippen molar-refractivity contribution < 1.29 is 4.74 Å². The van der Waals surface area contributed by atoms with Crippen molar-refractivity contribution in [3.8, 4) is 11.6 Å². The number of aromatic nitrogens is 2. The predicted octanol–water partition coefficient (Wildman–Crippen LogP) is 3.81. The van der Waals surface area contributed by atoms with Crippen LogP contribution < -0.4 is 10.5 Å². The molecule has 2 aromatic rings. The smallest absolute Gasteiger partial charge is 0.241 e. The molecule has 0 amide bonds. The van der Waals surface area contributed by atoms with Crippen LogP contribution in [0.2, 0.25) is 15.1 Å². The molecular weight excluding hydrogens is 284 g/mol. The highest BCUT2D eigenvalue weighted by Gasteiger charge is 2.10. The van der Waals surface area contributed by atoms with Gasteiger partial charge in [0, 0.05) is 6.07 Å². The number of nitrogen functional groups attached to an aromatic ring is 1. The molecule has 1 aromatic heterocycles. The van der Waals surface area contributed by atoms with Gasteiger partial charge in [-0.2, -0.15) is 0 Å². The molecule has 1 aromatic carbocycles. The van der Waals surface area contributed by atoms with Crippen molar-refractivity contribution in [3.63, 3.8) is 0 Å². The maximum absolute atomic E-state index is 5.86. The number of hydrogen-bond acceptors (Lipinski definition) is 4. The fraction of sp³-hybridized carbons (Fsp3) is 0. The topological polar surface area (TPSA) is 61.0 Å². The standard InChI is InChI=1S/C10H6Cl3N3O/c11-5-1-8(14)9(2-6(5)12)17-10-7(13)3-15-4-16-10/h1-4H,14H2. The monoisotopic (exact) mass is 289 g/mol. The number of anilines is 1. The Balaban J connectivity index is 2.37. The van der Waals surface area contributed by atoms with Crippen LogP contribution in [0.4, 0.5) is 5.69 Å². The summed E-state index contributed by atoms with van der Waals surface area (Å²) in [6.07, 6.45) is 2.73. The third-order valence-electron chi connectivity index (χ3n) is 1.89. The molecule has 0 radical (unpaired) electrons. The Morgan fingerprint density at radius 3 is 2.47 bits per heavy atom. The molecule has 0 aliphatic rings. The second-order valence-electron chi connectivity index (χ2n) is 3.08. The van der Waals surface area contributed by atoms with Crippen molar-refractivity contribution in [2.24, 2.45) is 0 Å². The Hall–Kier alpha value is -1.23. The van der Waals surface area contributed by atoms with E-state index in [0.29, 0.717) is 21.5 Å². The molecular formula is C10H6Cl3N3O. The molecule has 0 atom stereocenters. The quantitative estimate of drug-likeness (QED) is 0.854. The van der Waals surface area contributed by atoms with Gasteiger partial charge >= 0.3 is 0 Å². The van der Waals surface area contributed by atoms with Gasteiger partial charge in [-0.1, -0.05) is 34.8 Å². The summed E-state index contributed by atoms with van der Waals surface area (Å²) in [7, 11) is 0. The van der Waals surface area contributed by atoms with E-state index in [2.05, 4.69) is 9.97 Å². The van der Waals surface area contributed by atoms with E-state index in [0.717, 1.165) is 0 Å². The maximum Gasteiger partial charge on any atom is 0.241 e. The largest absolute Gasteiger partial charge is 0.435 e. The molecule has 2 N–H and O–H groups in total. The number of halogens is 3. The second kappa shape index (κ2) is 4.96. The van der Waals surface area contributed by atoms with Crippen molar-refractivity contribution in [1.82, 2.24) is 9.97 Å². The van der Waals surface area contributed by atoms with E-state index in [1.54, 1.807) is 0 Å². The van der Waals surface area contributed by atoms with Crippen LogP contribution in [0.1, 0.15) is 0 Å². The predicted molar refractivity (Wildman–Crippen MR) is 68.0 cm³/mol. The Labute approximate surface area is 112 Å². The molecule has 4 nitrogen and oxygen atoms in total. The molecule has 2 rings (SSSR count). The Morgan fingerprint density at radius 1 is 1.06 bits per heavy atom. The summed E-state index contributed by atoms with van der Waals surface area (Å²) in [5, 5.41) is 0.962. The first-order valence-electron chi connectivity index (χ1n) is 4.46. The Bertz CT molecular complexity index is 562. The first kappa shape index (κ1) is 12.2. The SMILES string of the molecule is Nc1cc(Cl)c(Cl)cc1Oc1ncncc1Cl.